The van der Waals surface area contributed by atoms with E-state index in [-0.39, 0.29) is 0 Å². The average molecular weight is 344 g/mol. The summed E-state index contributed by atoms with van der Waals surface area (Å²) in [5, 5.41) is 0. The van der Waals surface area contributed by atoms with Crippen molar-refractivity contribution in [3.8, 4) is 17.2 Å². The molecule has 0 spiro atoms. The van der Waals surface area contributed by atoms with Gasteiger partial charge in [0.2, 0.25) is 0 Å². The van der Waals surface area contributed by atoms with Crippen LogP contribution in [0.3, 0.4) is 0 Å². The number of hydrogen-bond donors (Lipinski definition) is 0. The molecule has 3 aromatic carbocycles. The molecule has 0 fully saturated rings. The zero-order valence-electron chi connectivity index (χ0n) is 14.4. The third-order valence-electron chi connectivity index (χ3n) is 4.24. The summed E-state index contributed by atoms with van der Waals surface area (Å²) in [5.74, 6) is 2.34. The van der Waals surface area contributed by atoms with Crippen LogP contribution in [-0.2, 0) is 19.6 Å². The standard InChI is InChI=1S/C23H20O3/c1-3-8-18(9-4-1)16-25-20-14-22-21(12-7-13-24-22)23(15-20)26-17-19-10-5-2-6-11-19/h1-11,13-15H,12,16-17H2. The molecule has 3 nitrogen and oxygen atoms in total. The van der Waals surface area contributed by atoms with Crippen molar-refractivity contribution in [3.05, 3.63) is 102 Å². The minimum atomic E-state index is 0.508. The van der Waals surface area contributed by atoms with Gasteiger partial charge in [0.1, 0.15) is 30.5 Å². The van der Waals surface area contributed by atoms with E-state index < -0.39 is 0 Å². The first kappa shape index (κ1) is 16.3. The van der Waals surface area contributed by atoms with Gasteiger partial charge in [0.05, 0.1) is 6.26 Å². The summed E-state index contributed by atoms with van der Waals surface area (Å²) >= 11 is 0. The molecule has 1 heterocycles. The van der Waals surface area contributed by atoms with Gasteiger partial charge in [-0.25, -0.2) is 0 Å². The number of hydrogen-bond acceptors (Lipinski definition) is 3. The topological polar surface area (TPSA) is 27.7 Å². The first-order valence-electron chi connectivity index (χ1n) is 8.70. The summed E-state index contributed by atoms with van der Waals surface area (Å²) in [5.41, 5.74) is 3.30. The Morgan fingerprint density at radius 1 is 0.769 bits per heavy atom. The summed E-state index contributed by atoms with van der Waals surface area (Å²) in [6, 6.07) is 24.1. The lowest BCUT2D eigenvalue weighted by molar-refractivity contribution is 0.284. The minimum Gasteiger partial charge on any atom is -0.489 e. The molecule has 0 N–H and O–H groups in total. The molecule has 0 saturated carbocycles. The van der Waals surface area contributed by atoms with Crippen LogP contribution in [0.4, 0.5) is 0 Å². The van der Waals surface area contributed by atoms with Crippen LogP contribution < -0.4 is 14.2 Å². The lowest BCUT2D eigenvalue weighted by Crippen LogP contribution is -2.04. The van der Waals surface area contributed by atoms with Crippen molar-refractivity contribution < 1.29 is 14.2 Å². The highest BCUT2D eigenvalue weighted by Gasteiger charge is 2.16. The maximum absolute atomic E-state index is 6.09. The molecule has 1 aliphatic rings. The van der Waals surface area contributed by atoms with Crippen molar-refractivity contribution in [2.24, 2.45) is 0 Å². The summed E-state index contributed by atoms with van der Waals surface area (Å²) in [6.07, 6.45) is 4.49. The summed E-state index contributed by atoms with van der Waals surface area (Å²) in [4.78, 5) is 0. The van der Waals surface area contributed by atoms with E-state index in [1.165, 1.54) is 0 Å². The van der Waals surface area contributed by atoms with E-state index in [2.05, 4.69) is 12.1 Å². The SMILES string of the molecule is C1=COc2cc(OCc3ccccc3)cc(OCc3ccccc3)c2C1. The van der Waals surface area contributed by atoms with Crippen molar-refractivity contribution in [2.45, 2.75) is 19.6 Å². The van der Waals surface area contributed by atoms with Gasteiger partial charge in [0.25, 0.3) is 0 Å². The van der Waals surface area contributed by atoms with Crippen LogP contribution in [0.25, 0.3) is 0 Å². The van der Waals surface area contributed by atoms with Gasteiger partial charge in [-0.3, -0.25) is 0 Å². The average Bonchev–Trinajstić information content (AvgIpc) is 2.72. The molecule has 0 bridgehead atoms. The second-order valence-corrected chi connectivity index (χ2v) is 6.14. The van der Waals surface area contributed by atoms with E-state index in [1.54, 1.807) is 6.26 Å². The molecule has 0 aromatic heterocycles. The van der Waals surface area contributed by atoms with Gasteiger partial charge in [-0.15, -0.1) is 0 Å². The summed E-state index contributed by atoms with van der Waals surface area (Å²) in [6.45, 7) is 1.02. The largest absolute Gasteiger partial charge is 0.489 e. The molecule has 3 heteroatoms. The Balaban J connectivity index is 1.54. The first-order chi connectivity index (χ1) is 12.9. The monoisotopic (exact) mass is 344 g/mol. The molecule has 0 radical (unpaired) electrons. The van der Waals surface area contributed by atoms with Crippen molar-refractivity contribution in [2.75, 3.05) is 0 Å². The van der Waals surface area contributed by atoms with E-state index in [0.29, 0.717) is 13.2 Å². The van der Waals surface area contributed by atoms with E-state index in [9.17, 15) is 0 Å². The van der Waals surface area contributed by atoms with Gasteiger partial charge in [-0.05, 0) is 17.2 Å². The molecule has 1 aliphatic heterocycles. The zero-order chi connectivity index (χ0) is 17.6. The molecule has 4 rings (SSSR count). The number of fused-ring (bicyclic) bond motifs is 1. The predicted octanol–water partition coefficient (Wildman–Crippen LogP) is 5.29. The Morgan fingerprint density at radius 2 is 1.42 bits per heavy atom. The highest BCUT2D eigenvalue weighted by atomic mass is 16.5. The molecule has 0 atom stereocenters. The lowest BCUT2D eigenvalue weighted by Gasteiger charge is -2.19. The minimum absolute atomic E-state index is 0.508. The van der Waals surface area contributed by atoms with Crippen LogP contribution in [0.5, 0.6) is 17.2 Å². The van der Waals surface area contributed by atoms with Crippen LogP contribution >= 0.6 is 0 Å². The number of benzene rings is 3. The normalized spacial score (nSPS) is 12.2. The van der Waals surface area contributed by atoms with Crippen molar-refractivity contribution in [1.82, 2.24) is 0 Å². The number of rotatable bonds is 6. The maximum Gasteiger partial charge on any atom is 0.137 e. The Morgan fingerprint density at radius 3 is 2.12 bits per heavy atom. The fourth-order valence-electron chi connectivity index (χ4n) is 2.88. The molecule has 0 aliphatic carbocycles. The van der Waals surface area contributed by atoms with E-state index in [0.717, 1.165) is 40.4 Å². The highest BCUT2D eigenvalue weighted by molar-refractivity contribution is 5.53. The second-order valence-electron chi connectivity index (χ2n) is 6.14. The van der Waals surface area contributed by atoms with Crippen LogP contribution in [0.1, 0.15) is 16.7 Å². The third kappa shape index (κ3) is 3.89. The van der Waals surface area contributed by atoms with Crippen molar-refractivity contribution in [1.29, 1.82) is 0 Å². The van der Waals surface area contributed by atoms with Gasteiger partial charge in [-0.1, -0.05) is 60.7 Å². The van der Waals surface area contributed by atoms with Crippen LogP contribution in [0.15, 0.2) is 85.1 Å². The molecular formula is C23H20O3. The van der Waals surface area contributed by atoms with Gasteiger partial charge in [0, 0.05) is 24.1 Å². The van der Waals surface area contributed by atoms with Gasteiger partial charge < -0.3 is 14.2 Å². The van der Waals surface area contributed by atoms with Crippen LogP contribution in [0, 0.1) is 0 Å². The van der Waals surface area contributed by atoms with Gasteiger partial charge in [0.15, 0.2) is 0 Å². The van der Waals surface area contributed by atoms with Crippen molar-refractivity contribution in [3.63, 3.8) is 0 Å². The predicted molar refractivity (Wildman–Crippen MR) is 101 cm³/mol. The summed E-state index contributed by atoms with van der Waals surface area (Å²) < 4.78 is 17.7. The fraction of sp³-hybridized carbons (Fsp3) is 0.130. The van der Waals surface area contributed by atoms with Crippen molar-refractivity contribution >= 4 is 0 Å². The molecule has 3 aromatic rings. The molecule has 0 unspecified atom stereocenters. The first-order valence-corrected chi connectivity index (χ1v) is 8.70. The highest BCUT2D eigenvalue weighted by Crippen LogP contribution is 2.37. The maximum atomic E-state index is 6.09. The van der Waals surface area contributed by atoms with E-state index in [1.807, 2.05) is 66.7 Å². The Kier molecular flexibility index (Phi) is 4.88. The molecule has 130 valence electrons. The van der Waals surface area contributed by atoms with Gasteiger partial charge >= 0.3 is 0 Å². The molecular weight excluding hydrogens is 324 g/mol. The third-order valence-corrected chi connectivity index (χ3v) is 4.24. The molecule has 26 heavy (non-hydrogen) atoms. The van der Waals surface area contributed by atoms with Gasteiger partial charge in [-0.2, -0.15) is 0 Å². The molecule has 0 amide bonds. The fourth-order valence-corrected chi connectivity index (χ4v) is 2.88. The second kappa shape index (κ2) is 7.79. The van der Waals surface area contributed by atoms with E-state index >= 15 is 0 Å². The number of allylic oxidation sites excluding steroid dienone is 1. The smallest absolute Gasteiger partial charge is 0.137 e. The Labute approximate surface area is 153 Å². The van der Waals surface area contributed by atoms with E-state index in [4.69, 9.17) is 14.2 Å². The van der Waals surface area contributed by atoms with Crippen LogP contribution in [-0.4, -0.2) is 0 Å². The quantitative estimate of drug-likeness (QED) is 0.608. The Hall–Kier alpha value is -3.20. The Bertz CT molecular complexity index is 886. The zero-order valence-corrected chi connectivity index (χ0v) is 14.4. The number of ether oxygens (including phenoxy) is 3. The molecule has 0 saturated heterocycles. The lowest BCUT2D eigenvalue weighted by atomic mass is 10.1. The summed E-state index contributed by atoms with van der Waals surface area (Å²) in [7, 11) is 0. The van der Waals surface area contributed by atoms with Crippen LogP contribution in [0.2, 0.25) is 0 Å².